The number of para-hydroxylation sites is 1. The van der Waals surface area contributed by atoms with Crippen LogP contribution in [-0.4, -0.2) is 23.4 Å². The molecule has 6 nitrogen and oxygen atoms in total. The smallest absolute Gasteiger partial charge is 0.338 e. The molecule has 0 amide bonds. The third kappa shape index (κ3) is 6.41. The molecule has 1 aromatic heterocycles. The number of hydrogen-bond donors (Lipinski definition) is 0. The first-order valence-corrected chi connectivity index (χ1v) is 16.4. The van der Waals surface area contributed by atoms with Crippen molar-refractivity contribution in [1.29, 1.82) is 0 Å². The van der Waals surface area contributed by atoms with Crippen LogP contribution in [0.3, 0.4) is 0 Å². The number of aromatic nitrogens is 1. The van der Waals surface area contributed by atoms with Gasteiger partial charge in [0.1, 0.15) is 18.2 Å². The van der Waals surface area contributed by atoms with Gasteiger partial charge in [0.25, 0.3) is 5.56 Å². The molecule has 0 saturated heterocycles. The monoisotopic (exact) mass is 636 g/mol. The number of fused-ring (bicyclic) bond motifs is 1. The van der Waals surface area contributed by atoms with E-state index in [9.17, 15) is 14.0 Å². The number of nitrogens with zero attached hydrogens (tertiary/aromatic N) is 2. The van der Waals surface area contributed by atoms with Gasteiger partial charge in [0.05, 0.1) is 28.5 Å². The molecule has 2 heterocycles. The van der Waals surface area contributed by atoms with Gasteiger partial charge in [-0.25, -0.2) is 14.2 Å². The zero-order chi connectivity index (χ0) is 31.3. The zero-order valence-electron chi connectivity index (χ0n) is 24.6. The molecule has 5 aromatic rings. The Labute approximate surface area is 267 Å². The Morgan fingerprint density at radius 1 is 0.978 bits per heavy atom. The predicted octanol–water partition coefficient (Wildman–Crippen LogP) is 6.38. The van der Waals surface area contributed by atoms with Crippen molar-refractivity contribution in [2.45, 2.75) is 24.5 Å². The second-order valence-electron chi connectivity index (χ2n) is 10.2. The molecule has 0 fully saturated rings. The van der Waals surface area contributed by atoms with Crippen molar-refractivity contribution in [3.63, 3.8) is 0 Å². The highest BCUT2D eigenvalue weighted by atomic mass is 32.2. The van der Waals surface area contributed by atoms with E-state index in [1.807, 2.05) is 85.1 Å². The first kappa shape index (κ1) is 30.3. The summed E-state index contributed by atoms with van der Waals surface area (Å²) in [5, 5.41) is 0. The standard InChI is InChI=1S/C36H29FN2O4S2/c1-3-42-35(41)31-32(24-9-5-4-6-10-24)38-36-39(33(31)25-15-19-28(44-2)20-16-25)34(40)30(45-36)21-26-11-7-8-12-29(26)43-22-23-13-17-27(37)18-14-23/h4-21,33H,3,22H2,1-2H3/b30-21-/t33-/m1/s1. The molecule has 226 valence electrons. The van der Waals surface area contributed by atoms with Crippen molar-refractivity contribution in [2.24, 2.45) is 4.99 Å². The van der Waals surface area contributed by atoms with Crippen LogP contribution in [0.2, 0.25) is 0 Å². The van der Waals surface area contributed by atoms with Crippen LogP contribution >= 0.6 is 23.1 Å². The highest BCUT2D eigenvalue weighted by Crippen LogP contribution is 2.35. The highest BCUT2D eigenvalue weighted by Gasteiger charge is 2.35. The van der Waals surface area contributed by atoms with Crippen molar-refractivity contribution in [2.75, 3.05) is 12.9 Å². The maximum Gasteiger partial charge on any atom is 0.338 e. The largest absolute Gasteiger partial charge is 0.488 e. The molecular formula is C36H29FN2O4S2. The van der Waals surface area contributed by atoms with Gasteiger partial charge in [-0.1, -0.05) is 84.1 Å². The molecule has 0 saturated carbocycles. The number of carbonyl (C=O) groups is 1. The van der Waals surface area contributed by atoms with Crippen molar-refractivity contribution in [3.05, 3.63) is 156 Å². The minimum atomic E-state index is -0.751. The average Bonchev–Trinajstić information content (AvgIpc) is 3.38. The fraction of sp³-hybridized carbons (Fsp3) is 0.139. The number of esters is 1. The fourth-order valence-corrected chi connectivity index (χ4v) is 6.56. The molecule has 0 spiro atoms. The van der Waals surface area contributed by atoms with Crippen molar-refractivity contribution < 1.29 is 18.7 Å². The molecule has 1 aliphatic heterocycles. The van der Waals surface area contributed by atoms with Crippen LogP contribution in [0.15, 0.2) is 123 Å². The van der Waals surface area contributed by atoms with E-state index in [1.165, 1.54) is 23.5 Å². The van der Waals surface area contributed by atoms with Crippen molar-refractivity contribution in [3.8, 4) is 5.75 Å². The molecule has 0 N–H and O–H groups in total. The SMILES string of the molecule is CCOC(=O)C1=C(c2ccccc2)N=c2s/c(=C\c3ccccc3OCc3ccc(F)cc3)c(=O)n2[C@@H]1c1ccc(SC)cc1. The lowest BCUT2D eigenvalue weighted by Gasteiger charge is -2.26. The van der Waals surface area contributed by atoms with Gasteiger partial charge in [-0.2, -0.15) is 0 Å². The molecular weight excluding hydrogens is 608 g/mol. The van der Waals surface area contributed by atoms with Gasteiger partial charge in [0.15, 0.2) is 4.80 Å². The van der Waals surface area contributed by atoms with E-state index in [2.05, 4.69) is 0 Å². The van der Waals surface area contributed by atoms with Crippen LogP contribution in [0.4, 0.5) is 4.39 Å². The molecule has 4 aromatic carbocycles. The second-order valence-corrected chi connectivity index (χ2v) is 12.0. The van der Waals surface area contributed by atoms with E-state index in [1.54, 1.807) is 41.5 Å². The number of thioether (sulfide) groups is 1. The predicted molar refractivity (Wildman–Crippen MR) is 176 cm³/mol. The lowest BCUT2D eigenvalue weighted by Crippen LogP contribution is -2.40. The molecule has 45 heavy (non-hydrogen) atoms. The number of carbonyl (C=O) groups excluding carboxylic acids is 1. The van der Waals surface area contributed by atoms with Crippen LogP contribution in [0, 0.1) is 5.82 Å². The molecule has 1 atom stereocenters. The minimum absolute atomic E-state index is 0.182. The normalized spacial score (nSPS) is 14.6. The highest BCUT2D eigenvalue weighted by molar-refractivity contribution is 7.98. The molecule has 9 heteroatoms. The average molecular weight is 637 g/mol. The maximum absolute atomic E-state index is 14.2. The summed E-state index contributed by atoms with van der Waals surface area (Å²) in [5.74, 6) is -0.253. The Morgan fingerprint density at radius 3 is 2.40 bits per heavy atom. The Balaban J connectivity index is 1.51. The lowest BCUT2D eigenvalue weighted by molar-refractivity contribution is -0.138. The molecule has 0 unspecified atom stereocenters. The van der Waals surface area contributed by atoms with Crippen LogP contribution in [0.25, 0.3) is 11.8 Å². The molecule has 0 bridgehead atoms. The molecule has 0 aliphatic carbocycles. The number of benzene rings is 4. The first-order chi connectivity index (χ1) is 22.0. The number of hydrogen-bond acceptors (Lipinski definition) is 7. The maximum atomic E-state index is 14.2. The minimum Gasteiger partial charge on any atom is -0.488 e. The Hall–Kier alpha value is -4.73. The van der Waals surface area contributed by atoms with Gasteiger partial charge in [-0.05, 0) is 60.7 Å². The van der Waals surface area contributed by atoms with Gasteiger partial charge < -0.3 is 9.47 Å². The van der Waals surface area contributed by atoms with E-state index in [0.717, 1.165) is 21.6 Å². The number of rotatable bonds is 9. The number of ether oxygens (including phenoxy) is 2. The van der Waals surface area contributed by atoms with Crippen molar-refractivity contribution >= 4 is 40.8 Å². The van der Waals surface area contributed by atoms with Crippen LogP contribution in [-0.2, 0) is 16.1 Å². The van der Waals surface area contributed by atoms with Gasteiger partial charge in [-0.3, -0.25) is 9.36 Å². The van der Waals surface area contributed by atoms with E-state index >= 15 is 0 Å². The van der Waals surface area contributed by atoms with Crippen LogP contribution < -0.4 is 19.6 Å². The van der Waals surface area contributed by atoms with Gasteiger partial charge in [0.2, 0.25) is 0 Å². The topological polar surface area (TPSA) is 69.9 Å². The number of thiazole rings is 1. The van der Waals surface area contributed by atoms with E-state index < -0.39 is 12.0 Å². The quantitative estimate of drug-likeness (QED) is 0.139. The van der Waals surface area contributed by atoms with E-state index in [-0.39, 0.29) is 24.6 Å². The van der Waals surface area contributed by atoms with Gasteiger partial charge in [0, 0.05) is 16.0 Å². The molecule has 1 aliphatic rings. The summed E-state index contributed by atoms with van der Waals surface area (Å²) < 4.78 is 27.0. The van der Waals surface area contributed by atoms with Crippen molar-refractivity contribution in [1.82, 2.24) is 4.57 Å². The molecule has 0 radical (unpaired) electrons. The zero-order valence-corrected chi connectivity index (χ0v) is 26.2. The van der Waals surface area contributed by atoms with Crippen LogP contribution in [0.5, 0.6) is 5.75 Å². The van der Waals surface area contributed by atoms with Gasteiger partial charge in [-0.15, -0.1) is 11.8 Å². The summed E-state index contributed by atoms with van der Waals surface area (Å²) in [5.41, 5.74) is 3.56. The van der Waals surface area contributed by atoms with Gasteiger partial charge >= 0.3 is 5.97 Å². The number of halogens is 1. The van der Waals surface area contributed by atoms with Crippen LogP contribution in [0.1, 0.15) is 35.2 Å². The summed E-state index contributed by atoms with van der Waals surface area (Å²) in [6.07, 6.45) is 3.78. The Kier molecular flexibility index (Phi) is 9.09. The third-order valence-electron chi connectivity index (χ3n) is 7.32. The Morgan fingerprint density at radius 2 is 1.69 bits per heavy atom. The Bertz CT molecular complexity index is 2050. The summed E-state index contributed by atoms with van der Waals surface area (Å²) >= 11 is 2.87. The first-order valence-electron chi connectivity index (χ1n) is 14.4. The fourth-order valence-electron chi connectivity index (χ4n) is 5.16. The second kappa shape index (κ2) is 13.5. The summed E-state index contributed by atoms with van der Waals surface area (Å²) in [6.45, 7) is 2.18. The lowest BCUT2D eigenvalue weighted by atomic mass is 9.93. The molecule has 6 rings (SSSR count). The summed E-state index contributed by atoms with van der Waals surface area (Å²) in [7, 11) is 0. The van der Waals surface area contributed by atoms with E-state index in [4.69, 9.17) is 14.5 Å². The summed E-state index contributed by atoms with van der Waals surface area (Å²) in [4.78, 5) is 34.4. The van der Waals surface area contributed by atoms with E-state index in [0.29, 0.717) is 31.9 Å². The summed E-state index contributed by atoms with van der Waals surface area (Å²) in [6, 6.07) is 30.1. The third-order valence-corrected chi connectivity index (χ3v) is 9.04.